The highest BCUT2D eigenvalue weighted by molar-refractivity contribution is 5.71. The lowest BCUT2D eigenvalue weighted by Crippen LogP contribution is -2.30. The molecule has 0 aliphatic heterocycles. The zero-order valence-corrected chi connectivity index (χ0v) is 41.7. The summed E-state index contributed by atoms with van der Waals surface area (Å²) in [4.78, 5) is 37.9. The summed E-state index contributed by atoms with van der Waals surface area (Å²) in [5.74, 6) is -0.981. The fourth-order valence-electron chi connectivity index (χ4n) is 6.61. The van der Waals surface area contributed by atoms with Gasteiger partial charge in [0.05, 0.1) is 0 Å². The molecule has 0 bridgehead atoms. The van der Waals surface area contributed by atoms with E-state index in [0.717, 1.165) is 128 Å². The Bertz CT molecular complexity index is 1400. The van der Waals surface area contributed by atoms with Gasteiger partial charge in [-0.05, 0) is 109 Å². The van der Waals surface area contributed by atoms with Crippen LogP contribution >= 0.6 is 0 Å². The van der Waals surface area contributed by atoms with E-state index in [1.807, 2.05) is 0 Å². The Morgan fingerprint density at radius 1 is 0.323 bits per heavy atom. The minimum atomic E-state index is -0.810. The average molecular weight is 899 g/mol. The molecule has 0 heterocycles. The van der Waals surface area contributed by atoms with Crippen molar-refractivity contribution in [3.8, 4) is 0 Å². The van der Waals surface area contributed by atoms with Crippen molar-refractivity contribution in [2.45, 2.75) is 219 Å². The van der Waals surface area contributed by atoms with E-state index in [1.165, 1.54) is 38.5 Å². The summed E-state index contributed by atoms with van der Waals surface area (Å²) in [6.07, 6.45) is 71.9. The van der Waals surface area contributed by atoms with Crippen molar-refractivity contribution >= 4 is 17.9 Å². The van der Waals surface area contributed by atoms with Crippen molar-refractivity contribution in [1.82, 2.24) is 0 Å². The maximum absolute atomic E-state index is 12.8. The number of carbonyl (C=O) groups is 3. The van der Waals surface area contributed by atoms with E-state index >= 15 is 0 Å². The molecule has 1 atom stereocenters. The minimum absolute atomic E-state index is 0.105. The van der Waals surface area contributed by atoms with E-state index < -0.39 is 6.10 Å². The van der Waals surface area contributed by atoms with Gasteiger partial charge >= 0.3 is 17.9 Å². The lowest BCUT2D eigenvalue weighted by atomic mass is 10.1. The molecule has 0 saturated heterocycles. The molecule has 0 radical (unpaired) electrons. The van der Waals surface area contributed by atoms with Crippen LogP contribution in [0, 0.1) is 0 Å². The summed E-state index contributed by atoms with van der Waals surface area (Å²) >= 11 is 0. The largest absolute Gasteiger partial charge is 0.462 e. The molecule has 366 valence electrons. The fraction of sp³-hybridized carbons (Fsp3) is 0.610. The van der Waals surface area contributed by atoms with E-state index in [-0.39, 0.29) is 37.5 Å². The molecule has 65 heavy (non-hydrogen) atoms. The van der Waals surface area contributed by atoms with Crippen LogP contribution in [0.25, 0.3) is 0 Å². The number of allylic oxidation sites excluding steroid dienone is 20. The van der Waals surface area contributed by atoms with Crippen LogP contribution in [0.1, 0.15) is 213 Å². The number of ether oxygens (including phenoxy) is 3. The molecular weight excluding hydrogens is 805 g/mol. The quantitative estimate of drug-likeness (QED) is 0.0262. The summed E-state index contributed by atoms with van der Waals surface area (Å²) in [6.45, 7) is 6.32. The van der Waals surface area contributed by atoms with Crippen molar-refractivity contribution < 1.29 is 28.6 Å². The summed E-state index contributed by atoms with van der Waals surface area (Å²) in [7, 11) is 0. The zero-order chi connectivity index (χ0) is 47.2. The van der Waals surface area contributed by atoms with Crippen LogP contribution in [0.3, 0.4) is 0 Å². The lowest BCUT2D eigenvalue weighted by Gasteiger charge is -2.18. The number of hydrogen-bond acceptors (Lipinski definition) is 6. The Hall–Kier alpha value is -4.19. The number of esters is 3. The van der Waals surface area contributed by atoms with E-state index in [1.54, 1.807) is 0 Å². The minimum Gasteiger partial charge on any atom is -0.462 e. The van der Waals surface area contributed by atoms with Crippen molar-refractivity contribution in [1.29, 1.82) is 0 Å². The van der Waals surface area contributed by atoms with E-state index in [2.05, 4.69) is 142 Å². The molecule has 0 fully saturated rings. The number of carbonyl (C=O) groups excluding carboxylic acids is 3. The van der Waals surface area contributed by atoms with Crippen LogP contribution in [0.5, 0.6) is 0 Å². The standard InChI is InChI=1S/C59H94O6/c1-4-7-10-13-16-19-21-23-25-27-29-31-33-35-37-40-43-46-49-52-58(61)64-55-56(54-63-57(60)51-48-45-42-39-18-15-12-9-6-3)65-59(62)53-50-47-44-41-38-36-34-32-30-28-26-24-22-20-17-14-11-8-5-2/h7-8,10-11,16-17,19-20,23-26,29-32,35-38,56H,4-6,9,12-15,18,21-22,27-28,33-34,39-55H2,1-3H3/b10-7-,11-8-,19-16-,20-17-,25-23-,26-24-,31-29-,32-30-,37-35-,38-36-/t56-/m1/s1. The summed E-state index contributed by atoms with van der Waals surface area (Å²) < 4.78 is 16.7. The smallest absolute Gasteiger partial charge is 0.306 e. The molecule has 0 aromatic heterocycles. The molecule has 0 aromatic rings. The Kier molecular flexibility index (Phi) is 49.1. The second-order valence-electron chi connectivity index (χ2n) is 16.7. The molecule has 0 amide bonds. The average Bonchev–Trinajstić information content (AvgIpc) is 3.30. The normalized spacial score (nSPS) is 13.1. The summed E-state index contributed by atoms with van der Waals surface area (Å²) in [5, 5.41) is 0. The molecular formula is C59H94O6. The zero-order valence-electron chi connectivity index (χ0n) is 41.7. The summed E-state index contributed by atoms with van der Waals surface area (Å²) in [5.41, 5.74) is 0. The third-order valence-corrected chi connectivity index (χ3v) is 10.5. The first kappa shape index (κ1) is 60.8. The van der Waals surface area contributed by atoms with Gasteiger partial charge in [-0.3, -0.25) is 14.4 Å². The van der Waals surface area contributed by atoms with Gasteiger partial charge < -0.3 is 14.2 Å². The molecule has 0 saturated carbocycles. The van der Waals surface area contributed by atoms with Crippen molar-refractivity contribution in [3.05, 3.63) is 122 Å². The fourth-order valence-corrected chi connectivity index (χ4v) is 6.61. The second-order valence-corrected chi connectivity index (χ2v) is 16.7. The van der Waals surface area contributed by atoms with Gasteiger partial charge in [0.2, 0.25) is 0 Å². The number of unbranched alkanes of at least 4 members (excludes halogenated alkanes) is 14. The predicted molar refractivity (Wildman–Crippen MR) is 279 cm³/mol. The molecule has 0 unspecified atom stereocenters. The SMILES string of the molecule is CC/C=C\C/C=C\C/C=C\C/C=C\C/C=C\CCCCCC(=O)OC[C@@H](COC(=O)CCCCCCCCCCC)OC(=O)CCCCC/C=C\C/C=C\C/C=C\C/C=C\C/C=C\CC. The van der Waals surface area contributed by atoms with E-state index in [9.17, 15) is 14.4 Å². The predicted octanol–water partition coefficient (Wildman–Crippen LogP) is 17.3. The first-order valence-electron chi connectivity index (χ1n) is 26.0. The van der Waals surface area contributed by atoms with E-state index in [4.69, 9.17) is 14.2 Å². The first-order chi connectivity index (χ1) is 32.0. The van der Waals surface area contributed by atoms with Gasteiger partial charge in [0.1, 0.15) is 13.2 Å². The molecule has 6 nitrogen and oxygen atoms in total. The van der Waals surface area contributed by atoms with Crippen molar-refractivity contribution in [3.63, 3.8) is 0 Å². The Morgan fingerprint density at radius 2 is 0.600 bits per heavy atom. The Balaban J connectivity index is 4.48. The van der Waals surface area contributed by atoms with Crippen LogP contribution in [-0.4, -0.2) is 37.2 Å². The number of rotatable bonds is 45. The van der Waals surface area contributed by atoms with Crippen molar-refractivity contribution in [2.75, 3.05) is 13.2 Å². The van der Waals surface area contributed by atoms with Gasteiger partial charge in [-0.15, -0.1) is 0 Å². The van der Waals surface area contributed by atoms with Crippen LogP contribution in [0.15, 0.2) is 122 Å². The molecule has 0 spiro atoms. The number of hydrogen-bond donors (Lipinski definition) is 0. The molecule has 0 aliphatic rings. The Morgan fingerprint density at radius 3 is 0.938 bits per heavy atom. The highest BCUT2D eigenvalue weighted by Crippen LogP contribution is 2.13. The second kappa shape index (κ2) is 52.4. The van der Waals surface area contributed by atoms with Crippen LogP contribution in [0.2, 0.25) is 0 Å². The summed E-state index contributed by atoms with van der Waals surface area (Å²) in [6, 6.07) is 0. The molecule has 0 aliphatic carbocycles. The topological polar surface area (TPSA) is 78.9 Å². The van der Waals surface area contributed by atoms with Crippen molar-refractivity contribution in [2.24, 2.45) is 0 Å². The monoisotopic (exact) mass is 899 g/mol. The molecule has 6 heteroatoms. The third kappa shape index (κ3) is 50.7. The Labute approximate surface area is 399 Å². The van der Waals surface area contributed by atoms with Gasteiger partial charge in [-0.25, -0.2) is 0 Å². The molecule has 0 rings (SSSR count). The van der Waals surface area contributed by atoms with Crippen LogP contribution < -0.4 is 0 Å². The highest BCUT2D eigenvalue weighted by Gasteiger charge is 2.19. The van der Waals surface area contributed by atoms with Gasteiger partial charge in [-0.2, -0.15) is 0 Å². The highest BCUT2D eigenvalue weighted by atomic mass is 16.6. The van der Waals surface area contributed by atoms with Crippen LogP contribution in [0.4, 0.5) is 0 Å². The maximum atomic E-state index is 12.8. The van der Waals surface area contributed by atoms with Gasteiger partial charge in [0.25, 0.3) is 0 Å². The first-order valence-corrected chi connectivity index (χ1v) is 26.0. The van der Waals surface area contributed by atoms with Gasteiger partial charge in [0.15, 0.2) is 6.10 Å². The van der Waals surface area contributed by atoms with Gasteiger partial charge in [0, 0.05) is 19.3 Å². The van der Waals surface area contributed by atoms with E-state index in [0.29, 0.717) is 19.3 Å². The molecule has 0 N–H and O–H groups in total. The third-order valence-electron chi connectivity index (χ3n) is 10.5. The molecule has 0 aromatic carbocycles. The lowest BCUT2D eigenvalue weighted by molar-refractivity contribution is -0.167. The maximum Gasteiger partial charge on any atom is 0.306 e. The van der Waals surface area contributed by atoms with Crippen LogP contribution in [-0.2, 0) is 28.6 Å². The van der Waals surface area contributed by atoms with Gasteiger partial charge in [-0.1, -0.05) is 206 Å².